The Bertz CT molecular complexity index is 1260. The summed E-state index contributed by atoms with van der Waals surface area (Å²) in [5.74, 6) is -1.07. The Morgan fingerprint density at radius 1 is 0.571 bits per heavy atom. The van der Waals surface area contributed by atoms with Crippen molar-refractivity contribution in [3.8, 4) is 0 Å². The molecule has 10 nitrogen and oxygen atoms in total. The van der Waals surface area contributed by atoms with Crippen LogP contribution in [0.3, 0.4) is 0 Å². The number of hydrogen-bond acceptors (Lipinski definition) is 8. The van der Waals surface area contributed by atoms with Crippen molar-refractivity contribution in [2.75, 3.05) is 13.2 Å². The second kappa shape index (κ2) is 38.7. The smallest absolute Gasteiger partial charge is 0.462 e. The Labute approximate surface area is 338 Å². The summed E-state index contributed by atoms with van der Waals surface area (Å²) in [5.41, 5.74) is 0. The summed E-state index contributed by atoms with van der Waals surface area (Å²) < 4.78 is 26.2. The van der Waals surface area contributed by atoms with Crippen molar-refractivity contribution in [2.24, 2.45) is 0 Å². The number of hydrogen-bond donors (Lipinski definition) is 4. The van der Waals surface area contributed by atoms with Crippen LogP contribution in [-0.4, -0.2) is 63.5 Å². The number of rotatable bonds is 36. The molecule has 0 aromatic rings. The average Bonchev–Trinajstić information content (AvgIpc) is 3.16. The standard InChI is InChI=1S/C45H73O10P/c1-3-5-7-8-9-10-11-12-13-14-15-16-17-18-19-23-31-37-44(48)53-39-43(40-54-56(50,51)52)55-45(49)38-32-24-21-20-22-28-34-42(47)36-30-26-25-29-35-41(46)33-27-6-4-2/h6,9-10,12-13,21-22,24-30,35-36,41-43,46-47H,3-5,7-8,11,14-20,23,31-34,37-40H2,1-2H3,(H2,50,51,52)/b10-9-,13-12-,24-21-,26-25-,27-6-,28-22-,35-29+,36-30+/t41-,42+,43+/m0/s1. The lowest BCUT2D eigenvalue weighted by Gasteiger charge is -2.18. The molecule has 0 heterocycles. The molecular formula is C45H73O10P. The van der Waals surface area contributed by atoms with E-state index in [0.717, 1.165) is 38.5 Å². The van der Waals surface area contributed by atoms with Crippen molar-refractivity contribution >= 4 is 19.8 Å². The third-order valence-corrected chi connectivity index (χ3v) is 8.75. The fourth-order valence-corrected chi connectivity index (χ4v) is 5.49. The lowest BCUT2D eigenvalue weighted by Crippen LogP contribution is -2.29. The van der Waals surface area contributed by atoms with E-state index in [0.29, 0.717) is 32.1 Å². The van der Waals surface area contributed by atoms with Crippen LogP contribution in [0.5, 0.6) is 0 Å². The van der Waals surface area contributed by atoms with Gasteiger partial charge in [0.15, 0.2) is 6.10 Å². The molecule has 0 bridgehead atoms. The molecule has 0 aromatic heterocycles. The van der Waals surface area contributed by atoms with E-state index in [-0.39, 0.29) is 19.4 Å². The van der Waals surface area contributed by atoms with Gasteiger partial charge in [-0.1, -0.05) is 156 Å². The van der Waals surface area contributed by atoms with Crippen LogP contribution < -0.4 is 0 Å². The molecule has 0 saturated carbocycles. The van der Waals surface area contributed by atoms with Gasteiger partial charge in [0, 0.05) is 12.8 Å². The van der Waals surface area contributed by atoms with E-state index < -0.39 is 44.7 Å². The van der Waals surface area contributed by atoms with Crippen LogP contribution in [0, 0.1) is 0 Å². The van der Waals surface area contributed by atoms with Gasteiger partial charge in [0.05, 0.1) is 18.8 Å². The summed E-state index contributed by atoms with van der Waals surface area (Å²) in [6, 6.07) is 0. The quantitative estimate of drug-likeness (QED) is 0.0158. The number of esters is 2. The topological polar surface area (TPSA) is 160 Å². The molecule has 318 valence electrons. The number of phosphoric ester groups is 1. The lowest BCUT2D eigenvalue weighted by molar-refractivity contribution is -0.161. The monoisotopic (exact) mass is 804 g/mol. The molecule has 0 aliphatic rings. The van der Waals surface area contributed by atoms with Crippen LogP contribution in [0.15, 0.2) is 97.2 Å². The molecule has 3 atom stereocenters. The minimum atomic E-state index is -4.81. The Morgan fingerprint density at radius 3 is 1.66 bits per heavy atom. The first-order valence-electron chi connectivity index (χ1n) is 20.7. The molecule has 0 amide bonds. The fraction of sp³-hybridized carbons (Fsp3) is 0.600. The fourth-order valence-electron chi connectivity index (χ4n) is 5.13. The van der Waals surface area contributed by atoms with Gasteiger partial charge in [-0.3, -0.25) is 14.1 Å². The predicted molar refractivity (Wildman–Crippen MR) is 228 cm³/mol. The predicted octanol–water partition coefficient (Wildman–Crippen LogP) is 10.6. The van der Waals surface area contributed by atoms with Gasteiger partial charge >= 0.3 is 19.8 Å². The van der Waals surface area contributed by atoms with Crippen molar-refractivity contribution in [1.29, 1.82) is 0 Å². The highest BCUT2D eigenvalue weighted by molar-refractivity contribution is 7.46. The van der Waals surface area contributed by atoms with E-state index in [1.807, 2.05) is 43.4 Å². The maximum atomic E-state index is 12.4. The second-order valence-electron chi connectivity index (χ2n) is 13.6. The zero-order chi connectivity index (χ0) is 41.4. The van der Waals surface area contributed by atoms with Crippen LogP contribution in [0.25, 0.3) is 0 Å². The molecule has 0 radical (unpaired) electrons. The Morgan fingerprint density at radius 2 is 1.09 bits per heavy atom. The van der Waals surface area contributed by atoms with Crippen LogP contribution in [0.1, 0.15) is 142 Å². The summed E-state index contributed by atoms with van der Waals surface area (Å²) in [6.45, 7) is 3.30. The van der Waals surface area contributed by atoms with E-state index >= 15 is 0 Å². The lowest BCUT2D eigenvalue weighted by atomic mass is 10.1. The van der Waals surface area contributed by atoms with E-state index in [1.54, 1.807) is 36.5 Å². The number of phosphoric acid groups is 1. The number of aliphatic hydroxyl groups is 2. The number of carbonyl (C=O) groups is 2. The molecule has 56 heavy (non-hydrogen) atoms. The zero-order valence-corrected chi connectivity index (χ0v) is 35.1. The molecule has 4 N–H and O–H groups in total. The van der Waals surface area contributed by atoms with Gasteiger partial charge in [-0.15, -0.1) is 0 Å². The highest BCUT2D eigenvalue weighted by atomic mass is 31.2. The molecule has 0 saturated heterocycles. The SMILES string of the molecule is CC/C=C\C[C@H](O)/C=C/C=C\C=C\[C@H](O)C/C=C\C/C=C\CCC(=O)O[C@H](COC(=O)CCCCCCCCC/C=C\C/C=C\CCCCC)COP(=O)(O)O. The van der Waals surface area contributed by atoms with Gasteiger partial charge < -0.3 is 29.5 Å². The van der Waals surface area contributed by atoms with Gasteiger partial charge in [-0.2, -0.15) is 0 Å². The minimum Gasteiger partial charge on any atom is -0.462 e. The van der Waals surface area contributed by atoms with Gasteiger partial charge in [-0.05, 0) is 70.6 Å². The normalized spacial score (nSPS) is 14.6. The second-order valence-corrected chi connectivity index (χ2v) is 14.9. The maximum Gasteiger partial charge on any atom is 0.469 e. The van der Waals surface area contributed by atoms with Crippen molar-refractivity contribution < 1.29 is 48.2 Å². The van der Waals surface area contributed by atoms with Crippen molar-refractivity contribution in [1.82, 2.24) is 0 Å². The van der Waals surface area contributed by atoms with E-state index in [9.17, 15) is 24.4 Å². The van der Waals surface area contributed by atoms with Crippen LogP contribution in [-0.2, 0) is 28.2 Å². The summed E-state index contributed by atoms with van der Waals surface area (Å²) >= 11 is 0. The van der Waals surface area contributed by atoms with Crippen molar-refractivity contribution in [3.05, 3.63) is 97.2 Å². The first kappa shape index (κ1) is 52.9. The average molecular weight is 805 g/mol. The van der Waals surface area contributed by atoms with Gasteiger partial charge in [0.2, 0.25) is 0 Å². The third kappa shape index (κ3) is 40.6. The molecule has 0 spiro atoms. The highest BCUT2D eigenvalue weighted by Gasteiger charge is 2.22. The summed E-state index contributed by atoms with van der Waals surface area (Å²) in [4.78, 5) is 42.8. The molecule has 0 fully saturated rings. The number of unbranched alkanes of at least 4 members (excludes halogenated alkanes) is 10. The molecular weight excluding hydrogens is 731 g/mol. The molecule has 11 heteroatoms. The number of ether oxygens (including phenoxy) is 2. The van der Waals surface area contributed by atoms with Crippen LogP contribution in [0.4, 0.5) is 0 Å². The van der Waals surface area contributed by atoms with E-state index in [2.05, 4.69) is 35.8 Å². The first-order valence-corrected chi connectivity index (χ1v) is 22.3. The summed E-state index contributed by atoms with van der Waals surface area (Å²) in [7, 11) is -4.81. The highest BCUT2D eigenvalue weighted by Crippen LogP contribution is 2.36. The first-order chi connectivity index (χ1) is 27.1. The Balaban J connectivity index is 4.21. The zero-order valence-electron chi connectivity index (χ0n) is 34.2. The molecule has 0 aliphatic carbocycles. The number of allylic oxidation sites excluding steroid dienone is 12. The van der Waals surface area contributed by atoms with Crippen LogP contribution >= 0.6 is 7.82 Å². The van der Waals surface area contributed by atoms with E-state index in [4.69, 9.17) is 19.3 Å². The maximum absolute atomic E-state index is 12.4. The van der Waals surface area contributed by atoms with Crippen molar-refractivity contribution in [3.63, 3.8) is 0 Å². The van der Waals surface area contributed by atoms with Crippen molar-refractivity contribution in [2.45, 2.75) is 161 Å². The molecule has 0 unspecified atom stereocenters. The number of aliphatic hydroxyl groups excluding tert-OH is 2. The summed E-state index contributed by atoms with van der Waals surface area (Å²) in [6.07, 6.45) is 46.3. The third-order valence-electron chi connectivity index (χ3n) is 8.27. The summed E-state index contributed by atoms with van der Waals surface area (Å²) in [5, 5.41) is 19.9. The van der Waals surface area contributed by atoms with Gasteiger partial charge in [0.25, 0.3) is 0 Å². The van der Waals surface area contributed by atoms with Gasteiger partial charge in [-0.25, -0.2) is 4.57 Å². The number of carbonyl (C=O) groups excluding carboxylic acids is 2. The van der Waals surface area contributed by atoms with E-state index in [1.165, 1.54) is 44.9 Å². The Kier molecular flexibility index (Phi) is 36.6. The minimum absolute atomic E-state index is 0.0230. The van der Waals surface area contributed by atoms with Gasteiger partial charge in [0.1, 0.15) is 6.61 Å². The molecule has 0 rings (SSSR count). The molecule has 0 aliphatic heterocycles. The largest absolute Gasteiger partial charge is 0.469 e. The Hall–Kier alpha value is -3.11. The van der Waals surface area contributed by atoms with Crippen LogP contribution in [0.2, 0.25) is 0 Å². The molecule has 0 aromatic carbocycles.